The average molecular weight is 332 g/mol. The molecule has 0 spiro atoms. The highest BCUT2D eigenvalue weighted by Gasteiger charge is 2.46. The maximum atomic E-state index is 13.5. The summed E-state index contributed by atoms with van der Waals surface area (Å²) < 4.78 is 53.7. The molecular weight excluding hydrogens is 316 g/mol. The van der Waals surface area contributed by atoms with E-state index in [4.69, 9.17) is 5.73 Å². The van der Waals surface area contributed by atoms with Gasteiger partial charge in [0.1, 0.15) is 0 Å². The molecule has 1 fully saturated rings. The van der Waals surface area contributed by atoms with Crippen LogP contribution in [-0.4, -0.2) is 39.7 Å². The molecule has 2 aliphatic rings. The van der Waals surface area contributed by atoms with Crippen LogP contribution in [-0.2, 0) is 19.1 Å². The molecule has 2 heterocycles. The van der Waals surface area contributed by atoms with Gasteiger partial charge in [-0.25, -0.2) is 4.39 Å². The molecule has 2 N–H and O–H groups in total. The van der Waals surface area contributed by atoms with Crippen LogP contribution in [0.15, 0.2) is 11.9 Å². The van der Waals surface area contributed by atoms with Gasteiger partial charge in [-0.15, -0.1) is 0 Å². The lowest BCUT2D eigenvalue weighted by Crippen LogP contribution is -2.39. The first-order valence-corrected chi connectivity index (χ1v) is 7.32. The van der Waals surface area contributed by atoms with E-state index in [0.717, 1.165) is 12.8 Å². The van der Waals surface area contributed by atoms with Crippen molar-refractivity contribution in [1.82, 2.24) is 14.7 Å². The van der Waals surface area contributed by atoms with Crippen molar-refractivity contribution in [3.63, 3.8) is 0 Å². The number of amides is 1. The molecule has 1 aromatic rings. The van der Waals surface area contributed by atoms with Crippen LogP contribution in [0.3, 0.4) is 0 Å². The quantitative estimate of drug-likeness (QED) is 0.856. The number of fused-ring (bicyclic) bond motifs is 1. The largest absolute Gasteiger partial charge is 0.433 e. The van der Waals surface area contributed by atoms with Gasteiger partial charge in [0.25, 0.3) is 5.91 Å². The molecule has 0 atom stereocenters. The Morgan fingerprint density at radius 2 is 2.09 bits per heavy atom. The Bertz CT molecular complexity index is 660. The smallest absolute Gasteiger partial charge is 0.335 e. The summed E-state index contributed by atoms with van der Waals surface area (Å²) in [5.41, 5.74) is 3.89. The minimum Gasteiger partial charge on any atom is -0.335 e. The van der Waals surface area contributed by atoms with Gasteiger partial charge in [0.15, 0.2) is 5.69 Å². The van der Waals surface area contributed by atoms with E-state index in [1.165, 1.54) is 4.90 Å². The SMILES string of the molecule is NC/C(=C\F)Cn1nc2c(c1C(F)(F)F)C(=O)N(C1CC1)CC2. The van der Waals surface area contributed by atoms with Crippen molar-refractivity contribution in [3.8, 4) is 0 Å². The Kier molecular flexibility index (Phi) is 3.91. The number of aromatic nitrogens is 2. The molecule has 1 aliphatic heterocycles. The molecule has 1 aromatic heterocycles. The molecule has 0 saturated heterocycles. The molecule has 3 rings (SSSR count). The zero-order valence-electron chi connectivity index (χ0n) is 12.2. The Hall–Kier alpha value is -1.90. The predicted octanol–water partition coefficient (Wildman–Crippen LogP) is 1.87. The predicted molar refractivity (Wildman–Crippen MR) is 73.2 cm³/mol. The number of carbonyl (C=O) groups is 1. The third-order valence-corrected chi connectivity index (χ3v) is 4.11. The number of carbonyl (C=O) groups excluding carboxylic acids is 1. The Balaban J connectivity index is 2.06. The third-order valence-electron chi connectivity index (χ3n) is 4.11. The van der Waals surface area contributed by atoms with Crippen LogP contribution >= 0.6 is 0 Å². The van der Waals surface area contributed by atoms with Crippen LogP contribution in [0.5, 0.6) is 0 Å². The second kappa shape index (κ2) is 5.63. The third kappa shape index (κ3) is 2.85. The summed E-state index contributed by atoms with van der Waals surface area (Å²) >= 11 is 0. The Morgan fingerprint density at radius 1 is 1.39 bits per heavy atom. The average Bonchev–Trinajstić information content (AvgIpc) is 3.24. The summed E-state index contributed by atoms with van der Waals surface area (Å²) in [6, 6.07) is 0.0328. The molecule has 23 heavy (non-hydrogen) atoms. The number of hydrogen-bond donors (Lipinski definition) is 1. The molecule has 126 valence electrons. The van der Waals surface area contributed by atoms with Gasteiger partial charge in [-0.3, -0.25) is 9.48 Å². The molecule has 5 nitrogen and oxygen atoms in total. The summed E-state index contributed by atoms with van der Waals surface area (Å²) in [6.07, 6.45) is -2.67. The fourth-order valence-electron chi connectivity index (χ4n) is 2.86. The van der Waals surface area contributed by atoms with E-state index in [1.807, 2.05) is 0 Å². The van der Waals surface area contributed by atoms with E-state index in [9.17, 15) is 22.4 Å². The minimum absolute atomic E-state index is 0.0261. The van der Waals surface area contributed by atoms with Crippen LogP contribution in [0, 0.1) is 0 Å². The van der Waals surface area contributed by atoms with Crippen LogP contribution in [0.2, 0.25) is 0 Å². The van der Waals surface area contributed by atoms with Crippen molar-refractivity contribution in [3.05, 3.63) is 28.9 Å². The van der Waals surface area contributed by atoms with Crippen molar-refractivity contribution in [1.29, 1.82) is 0 Å². The van der Waals surface area contributed by atoms with Crippen molar-refractivity contribution in [2.75, 3.05) is 13.1 Å². The van der Waals surface area contributed by atoms with Gasteiger partial charge in [-0.1, -0.05) is 0 Å². The van der Waals surface area contributed by atoms with E-state index >= 15 is 0 Å². The number of alkyl halides is 3. The van der Waals surface area contributed by atoms with Crippen LogP contribution < -0.4 is 5.73 Å². The van der Waals surface area contributed by atoms with Gasteiger partial charge in [0, 0.05) is 25.6 Å². The molecule has 0 radical (unpaired) electrons. The van der Waals surface area contributed by atoms with E-state index in [-0.39, 0.29) is 36.6 Å². The number of hydrogen-bond acceptors (Lipinski definition) is 3. The number of nitrogens with two attached hydrogens (primary N) is 1. The highest BCUT2D eigenvalue weighted by atomic mass is 19.4. The van der Waals surface area contributed by atoms with Crippen LogP contribution in [0.25, 0.3) is 0 Å². The first kappa shape index (κ1) is 16.0. The van der Waals surface area contributed by atoms with Gasteiger partial charge in [-0.2, -0.15) is 18.3 Å². The maximum absolute atomic E-state index is 13.5. The molecule has 0 aromatic carbocycles. The number of rotatable bonds is 4. The molecule has 1 saturated carbocycles. The monoisotopic (exact) mass is 332 g/mol. The second-order valence-corrected chi connectivity index (χ2v) is 5.78. The van der Waals surface area contributed by atoms with E-state index < -0.39 is 29.9 Å². The van der Waals surface area contributed by atoms with Gasteiger partial charge in [-0.05, 0) is 18.4 Å². The maximum Gasteiger partial charge on any atom is 0.433 e. The lowest BCUT2D eigenvalue weighted by molar-refractivity contribution is -0.144. The zero-order chi connectivity index (χ0) is 16.8. The highest BCUT2D eigenvalue weighted by molar-refractivity contribution is 5.98. The molecule has 0 unspecified atom stereocenters. The van der Waals surface area contributed by atoms with Crippen LogP contribution in [0.1, 0.15) is 34.6 Å². The summed E-state index contributed by atoms with van der Waals surface area (Å²) in [4.78, 5) is 13.9. The number of nitrogens with zero attached hydrogens (tertiary/aromatic N) is 3. The summed E-state index contributed by atoms with van der Waals surface area (Å²) in [7, 11) is 0. The molecule has 9 heteroatoms. The molecular formula is C14H16F4N4O. The van der Waals surface area contributed by atoms with E-state index in [1.54, 1.807) is 0 Å². The summed E-state index contributed by atoms with van der Waals surface area (Å²) in [5.74, 6) is -0.633. The first-order valence-electron chi connectivity index (χ1n) is 7.32. The molecule has 1 amide bonds. The van der Waals surface area contributed by atoms with E-state index in [0.29, 0.717) is 11.2 Å². The standard InChI is InChI=1S/C14H16F4N4O/c15-5-8(6-19)7-22-12(14(16,17)18)11-10(20-22)3-4-21(13(11)23)9-1-2-9/h5,9H,1-4,6-7,19H2/b8-5+. The van der Waals surface area contributed by atoms with Crippen LogP contribution in [0.4, 0.5) is 17.6 Å². The normalized spacial score (nSPS) is 19.3. The van der Waals surface area contributed by atoms with Gasteiger partial charge >= 0.3 is 6.18 Å². The summed E-state index contributed by atoms with van der Waals surface area (Å²) in [5, 5.41) is 3.90. The fourth-order valence-corrected chi connectivity index (χ4v) is 2.86. The zero-order valence-corrected chi connectivity index (χ0v) is 12.2. The van der Waals surface area contributed by atoms with Gasteiger partial charge in [0.05, 0.1) is 24.1 Å². The van der Waals surface area contributed by atoms with Crippen molar-refractivity contribution in [2.24, 2.45) is 5.73 Å². The second-order valence-electron chi connectivity index (χ2n) is 5.78. The molecule has 0 bridgehead atoms. The summed E-state index contributed by atoms with van der Waals surface area (Å²) in [6.45, 7) is -0.278. The van der Waals surface area contributed by atoms with Crippen molar-refractivity contribution >= 4 is 5.91 Å². The minimum atomic E-state index is -4.75. The van der Waals surface area contributed by atoms with E-state index in [2.05, 4.69) is 5.10 Å². The lowest BCUT2D eigenvalue weighted by atomic mass is 10.0. The highest BCUT2D eigenvalue weighted by Crippen LogP contribution is 2.38. The van der Waals surface area contributed by atoms with Crippen molar-refractivity contribution < 1.29 is 22.4 Å². The fraction of sp³-hybridized carbons (Fsp3) is 0.571. The van der Waals surface area contributed by atoms with Gasteiger partial charge < -0.3 is 10.6 Å². The first-order chi connectivity index (χ1) is 10.9. The number of halogens is 4. The Morgan fingerprint density at radius 3 is 2.61 bits per heavy atom. The topological polar surface area (TPSA) is 64.2 Å². The van der Waals surface area contributed by atoms with Gasteiger partial charge in [0.2, 0.25) is 0 Å². The molecule has 1 aliphatic carbocycles. The Labute approximate surface area is 129 Å². The van der Waals surface area contributed by atoms with Crippen molar-refractivity contribution in [2.45, 2.75) is 38.0 Å². The lowest BCUT2D eigenvalue weighted by Gasteiger charge is -2.26.